The summed E-state index contributed by atoms with van der Waals surface area (Å²) in [7, 11) is 0. The average molecular weight is 312 g/mol. The van der Waals surface area contributed by atoms with E-state index in [1.165, 1.54) is 6.07 Å². The van der Waals surface area contributed by atoms with Crippen molar-refractivity contribution >= 4 is 28.7 Å². The summed E-state index contributed by atoms with van der Waals surface area (Å²) in [6.45, 7) is 0. The number of anilines is 1. The summed E-state index contributed by atoms with van der Waals surface area (Å²) in [4.78, 5) is 25.6. The number of hydrogen-bond donors (Lipinski definition) is 4. The lowest BCUT2D eigenvalue weighted by Crippen LogP contribution is -2.22. The number of carbonyl (C=O) groups excluding carboxylic acids is 2. The van der Waals surface area contributed by atoms with Gasteiger partial charge in [0.25, 0.3) is 5.91 Å². The topological polar surface area (TPSA) is 114 Å². The van der Waals surface area contributed by atoms with Crippen LogP contribution in [0.4, 0.5) is 15.0 Å². The van der Waals surface area contributed by atoms with E-state index < -0.39 is 11.9 Å². The van der Waals surface area contributed by atoms with Gasteiger partial charge in [0, 0.05) is 16.5 Å². The highest BCUT2D eigenvalue weighted by atomic mass is 19.1. The van der Waals surface area contributed by atoms with Crippen LogP contribution in [-0.2, 0) is 0 Å². The second-order valence-electron chi connectivity index (χ2n) is 4.97. The predicted molar refractivity (Wildman–Crippen MR) is 85.4 cm³/mol. The molecule has 0 spiro atoms. The summed E-state index contributed by atoms with van der Waals surface area (Å²) in [5, 5.41) is 2.84. The second kappa shape index (κ2) is 5.45. The third kappa shape index (κ3) is 2.59. The van der Waals surface area contributed by atoms with E-state index in [1.807, 2.05) is 0 Å². The molecule has 6 nitrogen and oxygen atoms in total. The van der Waals surface area contributed by atoms with Gasteiger partial charge >= 0.3 is 6.03 Å². The number of nitrogens with two attached hydrogens (primary N) is 2. The lowest BCUT2D eigenvalue weighted by Gasteiger charge is -2.03. The molecular weight excluding hydrogens is 299 g/mol. The molecule has 0 aliphatic heterocycles. The van der Waals surface area contributed by atoms with Crippen LogP contribution < -0.4 is 16.8 Å². The minimum atomic E-state index is -0.826. The number of rotatable bonds is 3. The molecule has 0 aliphatic rings. The van der Waals surface area contributed by atoms with Gasteiger partial charge in [0.1, 0.15) is 11.6 Å². The Bertz CT molecular complexity index is 933. The number of amides is 3. The number of carbonyl (C=O) groups is 2. The van der Waals surface area contributed by atoms with Crippen molar-refractivity contribution in [1.82, 2.24) is 4.98 Å². The van der Waals surface area contributed by atoms with Gasteiger partial charge in [-0.2, -0.15) is 0 Å². The Morgan fingerprint density at radius 3 is 2.48 bits per heavy atom. The number of aromatic nitrogens is 1. The predicted octanol–water partition coefficient (Wildman–Crippen LogP) is 2.56. The summed E-state index contributed by atoms with van der Waals surface area (Å²) in [5.41, 5.74) is 12.2. The third-order valence-corrected chi connectivity index (χ3v) is 3.48. The highest BCUT2D eigenvalue weighted by molar-refractivity contribution is 6.13. The van der Waals surface area contributed by atoms with Crippen LogP contribution in [0.3, 0.4) is 0 Å². The van der Waals surface area contributed by atoms with Crippen molar-refractivity contribution in [3.05, 3.63) is 53.8 Å². The minimum absolute atomic E-state index is 0.116. The van der Waals surface area contributed by atoms with Crippen LogP contribution in [0, 0.1) is 5.82 Å². The molecule has 0 bridgehead atoms. The number of hydrogen-bond acceptors (Lipinski definition) is 2. The van der Waals surface area contributed by atoms with Gasteiger partial charge in [-0.05, 0) is 17.7 Å². The Labute approximate surface area is 130 Å². The van der Waals surface area contributed by atoms with Gasteiger partial charge in [-0.3, -0.25) is 10.1 Å². The quantitative estimate of drug-likeness (QED) is 0.595. The molecule has 0 atom stereocenters. The fraction of sp³-hybridized carbons (Fsp3) is 0. The molecule has 2 aromatic carbocycles. The first kappa shape index (κ1) is 14.6. The monoisotopic (exact) mass is 312 g/mol. The molecule has 0 aliphatic carbocycles. The van der Waals surface area contributed by atoms with Gasteiger partial charge in [0.15, 0.2) is 0 Å². The van der Waals surface area contributed by atoms with Crippen molar-refractivity contribution in [2.45, 2.75) is 0 Å². The van der Waals surface area contributed by atoms with E-state index in [0.717, 1.165) is 0 Å². The lowest BCUT2D eigenvalue weighted by molar-refractivity contribution is 0.100. The molecule has 6 N–H and O–H groups in total. The lowest BCUT2D eigenvalue weighted by atomic mass is 10.0. The summed E-state index contributed by atoms with van der Waals surface area (Å²) in [5.74, 6) is -0.951. The fourth-order valence-corrected chi connectivity index (χ4v) is 2.53. The van der Waals surface area contributed by atoms with Crippen molar-refractivity contribution < 1.29 is 14.0 Å². The molecule has 0 saturated heterocycles. The molecule has 0 fully saturated rings. The van der Waals surface area contributed by atoms with Crippen LogP contribution in [-0.4, -0.2) is 16.9 Å². The molecule has 116 valence electrons. The van der Waals surface area contributed by atoms with Crippen LogP contribution in [0.15, 0.2) is 42.5 Å². The second-order valence-corrected chi connectivity index (χ2v) is 4.97. The molecular formula is C16H13FN4O2. The zero-order chi connectivity index (χ0) is 16.6. The number of nitrogens with one attached hydrogen (secondary N) is 2. The first-order valence-electron chi connectivity index (χ1n) is 6.74. The first-order valence-corrected chi connectivity index (χ1v) is 6.74. The average Bonchev–Trinajstić information content (AvgIpc) is 2.83. The van der Waals surface area contributed by atoms with Gasteiger partial charge in [-0.1, -0.05) is 30.3 Å². The number of fused-ring (bicyclic) bond motifs is 1. The Morgan fingerprint density at radius 2 is 1.83 bits per heavy atom. The third-order valence-electron chi connectivity index (χ3n) is 3.48. The number of primary amides is 2. The van der Waals surface area contributed by atoms with Crippen LogP contribution in [0.5, 0.6) is 0 Å². The minimum Gasteiger partial charge on any atom is -0.365 e. The maximum Gasteiger partial charge on any atom is 0.317 e. The molecule has 0 radical (unpaired) electrons. The molecule has 23 heavy (non-hydrogen) atoms. The number of H-pyrrole nitrogens is 1. The summed E-state index contributed by atoms with van der Waals surface area (Å²) in [6, 6.07) is 10.5. The summed E-state index contributed by atoms with van der Waals surface area (Å²) >= 11 is 0. The van der Waals surface area contributed by atoms with Crippen molar-refractivity contribution in [1.29, 1.82) is 0 Å². The number of halogens is 1. The van der Waals surface area contributed by atoms with Gasteiger partial charge in [-0.25, -0.2) is 9.18 Å². The van der Waals surface area contributed by atoms with E-state index in [4.69, 9.17) is 11.5 Å². The summed E-state index contributed by atoms with van der Waals surface area (Å²) in [6.07, 6.45) is 0. The number of benzene rings is 2. The van der Waals surface area contributed by atoms with E-state index in [9.17, 15) is 14.0 Å². The number of aromatic amines is 1. The standard InChI is InChI=1S/C16H13FN4O2/c17-11-4-2-1-3-9(11)8-5-6-10-12(7-8)20-15(21-16(19)23)13(10)14(18)22/h1-7,20H,(H2,18,22)(H3,19,21,23). The van der Waals surface area contributed by atoms with Crippen molar-refractivity contribution in [3.8, 4) is 11.1 Å². The Morgan fingerprint density at radius 1 is 1.09 bits per heavy atom. The van der Waals surface area contributed by atoms with E-state index in [0.29, 0.717) is 22.0 Å². The zero-order valence-electron chi connectivity index (χ0n) is 11.9. The zero-order valence-corrected chi connectivity index (χ0v) is 11.9. The van der Waals surface area contributed by atoms with Gasteiger partial charge in [0.2, 0.25) is 0 Å². The van der Waals surface area contributed by atoms with Crippen molar-refractivity contribution in [2.24, 2.45) is 11.5 Å². The Hall–Kier alpha value is -3.35. The largest absolute Gasteiger partial charge is 0.365 e. The SMILES string of the molecule is NC(=O)Nc1[nH]c2cc(-c3ccccc3F)ccc2c1C(N)=O. The highest BCUT2D eigenvalue weighted by Gasteiger charge is 2.18. The molecule has 3 amide bonds. The van der Waals surface area contributed by atoms with Gasteiger partial charge < -0.3 is 16.5 Å². The molecule has 7 heteroatoms. The Kier molecular flexibility index (Phi) is 3.46. The maximum atomic E-state index is 13.9. The van der Waals surface area contributed by atoms with Crippen LogP contribution in [0.1, 0.15) is 10.4 Å². The normalized spacial score (nSPS) is 10.7. The van der Waals surface area contributed by atoms with Crippen LogP contribution in [0.25, 0.3) is 22.0 Å². The van der Waals surface area contributed by atoms with E-state index in [-0.39, 0.29) is 17.2 Å². The molecule has 0 saturated carbocycles. The Balaban J connectivity index is 2.19. The highest BCUT2D eigenvalue weighted by Crippen LogP contribution is 2.31. The molecule has 1 heterocycles. The van der Waals surface area contributed by atoms with E-state index in [2.05, 4.69) is 10.3 Å². The molecule has 3 rings (SSSR count). The van der Waals surface area contributed by atoms with Crippen LogP contribution >= 0.6 is 0 Å². The van der Waals surface area contributed by atoms with E-state index >= 15 is 0 Å². The van der Waals surface area contributed by atoms with Crippen LogP contribution in [0.2, 0.25) is 0 Å². The molecule has 1 aromatic heterocycles. The van der Waals surface area contributed by atoms with Crippen molar-refractivity contribution in [2.75, 3.05) is 5.32 Å². The first-order chi connectivity index (χ1) is 11.0. The fourth-order valence-electron chi connectivity index (χ4n) is 2.53. The number of urea groups is 1. The maximum absolute atomic E-state index is 13.9. The summed E-state index contributed by atoms with van der Waals surface area (Å²) < 4.78 is 13.9. The van der Waals surface area contributed by atoms with E-state index in [1.54, 1.807) is 36.4 Å². The van der Waals surface area contributed by atoms with Crippen molar-refractivity contribution in [3.63, 3.8) is 0 Å². The van der Waals surface area contributed by atoms with Gasteiger partial charge in [0.05, 0.1) is 5.56 Å². The smallest absolute Gasteiger partial charge is 0.317 e. The molecule has 3 aromatic rings. The van der Waals surface area contributed by atoms with Gasteiger partial charge in [-0.15, -0.1) is 0 Å². The molecule has 0 unspecified atom stereocenters.